The predicted molar refractivity (Wildman–Crippen MR) is 74.7 cm³/mol. The molecule has 0 aliphatic carbocycles. The van der Waals surface area contributed by atoms with E-state index in [0.29, 0.717) is 0 Å². The Hall–Kier alpha value is -0.900. The van der Waals surface area contributed by atoms with Crippen LogP contribution >= 0.6 is 0 Å². The number of nitrogens with one attached hydrogen (secondary N) is 1. The summed E-state index contributed by atoms with van der Waals surface area (Å²) in [5.41, 5.74) is 2.79. The van der Waals surface area contributed by atoms with Gasteiger partial charge in [-0.15, -0.1) is 0 Å². The quantitative estimate of drug-likeness (QED) is 0.841. The highest BCUT2D eigenvalue weighted by molar-refractivity contribution is 5.21. The van der Waals surface area contributed by atoms with Gasteiger partial charge in [0.1, 0.15) is 0 Å². The van der Waals surface area contributed by atoms with E-state index in [4.69, 9.17) is 0 Å². The van der Waals surface area contributed by atoms with E-state index >= 15 is 0 Å². The van der Waals surface area contributed by atoms with E-state index in [1.165, 1.54) is 37.3 Å². The molecule has 2 aliphatic rings. The van der Waals surface area contributed by atoms with Crippen LogP contribution in [0, 0.1) is 6.92 Å². The van der Waals surface area contributed by atoms with Crippen LogP contribution in [0.3, 0.4) is 0 Å². The van der Waals surface area contributed by atoms with Crippen LogP contribution in [0.2, 0.25) is 0 Å². The average Bonchev–Trinajstić information content (AvgIpc) is 2.41. The third-order valence-corrected chi connectivity index (χ3v) is 4.17. The highest BCUT2D eigenvalue weighted by atomic mass is 15.3. The van der Waals surface area contributed by atoms with E-state index in [2.05, 4.69) is 46.3 Å². The van der Waals surface area contributed by atoms with Gasteiger partial charge in [-0.25, -0.2) is 0 Å². The van der Waals surface area contributed by atoms with Gasteiger partial charge in [0.2, 0.25) is 0 Å². The van der Waals surface area contributed by atoms with Crippen LogP contribution in [-0.4, -0.2) is 55.1 Å². The smallest absolute Gasteiger partial charge is 0.0349 e. The van der Waals surface area contributed by atoms with Gasteiger partial charge in [0.25, 0.3) is 0 Å². The van der Waals surface area contributed by atoms with Crippen LogP contribution < -0.4 is 5.32 Å². The molecule has 0 spiro atoms. The lowest BCUT2D eigenvalue weighted by Gasteiger charge is -2.44. The largest absolute Gasteiger partial charge is 0.314 e. The Morgan fingerprint density at radius 1 is 1.17 bits per heavy atom. The zero-order chi connectivity index (χ0) is 12.4. The number of hydrogen-bond acceptors (Lipinski definition) is 3. The SMILES string of the molecule is Cc1ccc(CN2CCN3CCNCC3C2)cc1. The van der Waals surface area contributed by atoms with Crippen molar-refractivity contribution >= 4 is 0 Å². The van der Waals surface area contributed by atoms with Crippen LogP contribution in [0.1, 0.15) is 11.1 Å². The molecule has 1 aromatic rings. The Labute approximate surface area is 110 Å². The summed E-state index contributed by atoms with van der Waals surface area (Å²) < 4.78 is 0. The topological polar surface area (TPSA) is 18.5 Å². The van der Waals surface area contributed by atoms with Crippen molar-refractivity contribution in [2.45, 2.75) is 19.5 Å². The Bertz CT molecular complexity index is 387. The molecule has 1 aromatic carbocycles. The standard InChI is InChI=1S/C15H23N3/c1-13-2-4-14(5-3-13)11-17-8-9-18-7-6-16-10-15(18)12-17/h2-5,15-16H,6-12H2,1H3. The average molecular weight is 245 g/mol. The van der Waals surface area contributed by atoms with Gasteiger partial charge in [0, 0.05) is 51.9 Å². The fourth-order valence-electron chi connectivity index (χ4n) is 3.03. The molecule has 1 atom stereocenters. The first-order valence-corrected chi connectivity index (χ1v) is 7.04. The van der Waals surface area contributed by atoms with Crippen LogP contribution in [0.15, 0.2) is 24.3 Å². The number of benzene rings is 1. The van der Waals surface area contributed by atoms with Gasteiger partial charge in [-0.05, 0) is 12.5 Å². The van der Waals surface area contributed by atoms with E-state index in [-0.39, 0.29) is 0 Å². The minimum absolute atomic E-state index is 0.720. The Kier molecular flexibility index (Phi) is 3.64. The summed E-state index contributed by atoms with van der Waals surface area (Å²) in [6.07, 6.45) is 0. The molecule has 2 saturated heterocycles. The summed E-state index contributed by atoms with van der Waals surface area (Å²) in [5, 5.41) is 3.51. The second-order valence-electron chi connectivity index (χ2n) is 5.61. The van der Waals surface area contributed by atoms with Crippen LogP contribution in [0.4, 0.5) is 0 Å². The highest BCUT2D eigenvalue weighted by Gasteiger charge is 2.28. The molecule has 3 heteroatoms. The number of piperazine rings is 2. The fraction of sp³-hybridized carbons (Fsp3) is 0.600. The first kappa shape index (κ1) is 12.2. The van der Waals surface area contributed by atoms with Crippen molar-refractivity contribution in [3.05, 3.63) is 35.4 Å². The third kappa shape index (κ3) is 2.74. The number of nitrogens with zero attached hydrogens (tertiary/aromatic N) is 2. The number of rotatable bonds is 2. The molecule has 3 nitrogen and oxygen atoms in total. The Morgan fingerprint density at radius 2 is 2.00 bits per heavy atom. The van der Waals surface area contributed by atoms with Crippen molar-refractivity contribution in [3.63, 3.8) is 0 Å². The van der Waals surface area contributed by atoms with Gasteiger partial charge >= 0.3 is 0 Å². The van der Waals surface area contributed by atoms with Crippen molar-refractivity contribution in [1.82, 2.24) is 15.1 Å². The van der Waals surface area contributed by atoms with Crippen LogP contribution in [0.5, 0.6) is 0 Å². The van der Waals surface area contributed by atoms with Gasteiger partial charge in [0.05, 0.1) is 0 Å². The van der Waals surface area contributed by atoms with Gasteiger partial charge in [-0.1, -0.05) is 29.8 Å². The molecule has 2 fully saturated rings. The summed E-state index contributed by atoms with van der Waals surface area (Å²) >= 11 is 0. The summed E-state index contributed by atoms with van der Waals surface area (Å²) in [6.45, 7) is 10.5. The van der Waals surface area contributed by atoms with E-state index in [1.54, 1.807) is 0 Å². The van der Waals surface area contributed by atoms with Crippen molar-refractivity contribution in [3.8, 4) is 0 Å². The number of hydrogen-bond donors (Lipinski definition) is 1. The molecule has 3 rings (SSSR count). The van der Waals surface area contributed by atoms with Crippen molar-refractivity contribution < 1.29 is 0 Å². The molecule has 98 valence electrons. The second-order valence-corrected chi connectivity index (χ2v) is 5.61. The maximum Gasteiger partial charge on any atom is 0.0349 e. The monoisotopic (exact) mass is 245 g/mol. The van der Waals surface area contributed by atoms with Crippen LogP contribution in [-0.2, 0) is 6.54 Å². The minimum Gasteiger partial charge on any atom is -0.314 e. The molecule has 1 N–H and O–H groups in total. The Balaban J connectivity index is 1.59. The summed E-state index contributed by atoms with van der Waals surface area (Å²) in [7, 11) is 0. The molecule has 0 amide bonds. The molecule has 0 bridgehead atoms. The lowest BCUT2D eigenvalue weighted by atomic mass is 10.1. The zero-order valence-electron chi connectivity index (χ0n) is 11.2. The maximum atomic E-state index is 3.51. The van der Waals surface area contributed by atoms with E-state index in [9.17, 15) is 0 Å². The molecular formula is C15H23N3. The summed E-state index contributed by atoms with van der Waals surface area (Å²) in [4.78, 5) is 5.24. The molecule has 2 heterocycles. The molecule has 18 heavy (non-hydrogen) atoms. The summed E-state index contributed by atoms with van der Waals surface area (Å²) in [6, 6.07) is 9.68. The number of fused-ring (bicyclic) bond motifs is 1. The molecule has 2 aliphatic heterocycles. The molecule has 0 radical (unpaired) electrons. The molecule has 1 unspecified atom stereocenters. The zero-order valence-corrected chi connectivity index (χ0v) is 11.2. The third-order valence-electron chi connectivity index (χ3n) is 4.17. The second kappa shape index (κ2) is 5.39. The first-order chi connectivity index (χ1) is 8.81. The van der Waals surface area contributed by atoms with Gasteiger partial charge in [-0.2, -0.15) is 0 Å². The van der Waals surface area contributed by atoms with E-state index in [0.717, 1.165) is 25.7 Å². The van der Waals surface area contributed by atoms with E-state index in [1.807, 2.05) is 0 Å². The normalized spacial score (nSPS) is 25.9. The Morgan fingerprint density at radius 3 is 2.83 bits per heavy atom. The summed E-state index contributed by atoms with van der Waals surface area (Å²) in [5.74, 6) is 0. The number of aryl methyl sites for hydroxylation is 1. The van der Waals surface area contributed by atoms with Crippen molar-refractivity contribution in [2.75, 3.05) is 39.3 Å². The maximum absolute atomic E-state index is 3.51. The van der Waals surface area contributed by atoms with E-state index < -0.39 is 0 Å². The first-order valence-electron chi connectivity index (χ1n) is 7.04. The van der Waals surface area contributed by atoms with Gasteiger partial charge < -0.3 is 5.32 Å². The van der Waals surface area contributed by atoms with Crippen molar-refractivity contribution in [2.24, 2.45) is 0 Å². The predicted octanol–water partition coefficient (Wildman–Crippen LogP) is 1.08. The highest BCUT2D eigenvalue weighted by Crippen LogP contribution is 2.14. The molecule has 0 aromatic heterocycles. The lowest BCUT2D eigenvalue weighted by Crippen LogP contribution is -2.60. The molecule has 0 saturated carbocycles. The van der Waals surface area contributed by atoms with Gasteiger partial charge in [-0.3, -0.25) is 9.80 Å². The molecular weight excluding hydrogens is 222 g/mol. The lowest BCUT2D eigenvalue weighted by molar-refractivity contribution is 0.0541. The minimum atomic E-state index is 0.720. The fourth-order valence-corrected chi connectivity index (χ4v) is 3.03. The van der Waals surface area contributed by atoms with Gasteiger partial charge in [0.15, 0.2) is 0 Å². The van der Waals surface area contributed by atoms with Crippen molar-refractivity contribution in [1.29, 1.82) is 0 Å². The van der Waals surface area contributed by atoms with Crippen LogP contribution in [0.25, 0.3) is 0 Å².